The lowest BCUT2D eigenvalue weighted by atomic mass is 10.1. The van der Waals surface area contributed by atoms with Crippen LogP contribution in [0.15, 0.2) is 59.5 Å². The molecule has 5 nitrogen and oxygen atoms in total. The number of anilines is 2. The zero-order chi connectivity index (χ0) is 23.5. The minimum absolute atomic E-state index is 0.551. The van der Waals surface area contributed by atoms with E-state index in [0.717, 1.165) is 47.2 Å². The van der Waals surface area contributed by atoms with Crippen molar-refractivity contribution in [1.29, 1.82) is 0 Å². The highest BCUT2D eigenvalue weighted by Crippen LogP contribution is 2.28. The predicted octanol–water partition coefficient (Wildman–Crippen LogP) is 5.08. The number of nitrogens with zero attached hydrogens (tertiary/aromatic N) is 2. The number of aryl methyl sites for hydroxylation is 1. The van der Waals surface area contributed by atoms with Crippen LogP contribution >= 0.6 is 11.3 Å². The second-order valence-electron chi connectivity index (χ2n) is 8.51. The van der Waals surface area contributed by atoms with Crippen molar-refractivity contribution in [2.45, 2.75) is 32.7 Å². The molecule has 172 valence electrons. The van der Waals surface area contributed by atoms with E-state index >= 15 is 0 Å². The van der Waals surface area contributed by atoms with Gasteiger partial charge in [-0.05, 0) is 72.5 Å². The molecule has 1 aliphatic rings. The number of imidazole rings is 1. The average molecular weight is 470 g/mol. The highest BCUT2D eigenvalue weighted by Gasteiger charge is 2.13. The van der Waals surface area contributed by atoms with E-state index in [2.05, 4.69) is 58.6 Å². The third kappa shape index (κ3) is 4.54. The number of aromatic nitrogens is 2. The summed E-state index contributed by atoms with van der Waals surface area (Å²) in [7, 11) is 1.67. The third-order valence-electron chi connectivity index (χ3n) is 6.14. The summed E-state index contributed by atoms with van der Waals surface area (Å²) in [6.45, 7) is 2.85. The van der Waals surface area contributed by atoms with Crippen LogP contribution in [0.4, 0.5) is 11.6 Å². The van der Waals surface area contributed by atoms with Crippen LogP contribution in [0.2, 0.25) is 0 Å². The molecule has 0 saturated carbocycles. The van der Waals surface area contributed by atoms with Crippen LogP contribution in [0.25, 0.3) is 22.2 Å². The number of rotatable bonds is 8. The SMILES string of the molecule is COc1ccc(Nc2nc3c(n2Cc2csc4ccc(C)cc24)=CC=C(CCC=O)CC=3)cc1. The Kier molecular flexibility index (Phi) is 6.32. The van der Waals surface area contributed by atoms with Crippen molar-refractivity contribution in [3.63, 3.8) is 0 Å². The second-order valence-corrected chi connectivity index (χ2v) is 9.42. The molecule has 6 heteroatoms. The zero-order valence-electron chi connectivity index (χ0n) is 19.4. The largest absolute Gasteiger partial charge is 0.497 e. The number of hydrogen-bond acceptors (Lipinski definition) is 5. The van der Waals surface area contributed by atoms with E-state index in [1.807, 2.05) is 24.3 Å². The number of carbonyl (C=O) groups excluding carboxylic acids is 1. The molecule has 0 atom stereocenters. The first-order valence-electron chi connectivity index (χ1n) is 11.4. The van der Waals surface area contributed by atoms with Gasteiger partial charge in [0.1, 0.15) is 12.0 Å². The number of carbonyl (C=O) groups is 1. The maximum atomic E-state index is 10.8. The van der Waals surface area contributed by atoms with Gasteiger partial charge >= 0.3 is 0 Å². The quantitative estimate of drug-likeness (QED) is 0.366. The van der Waals surface area contributed by atoms with Gasteiger partial charge in [0, 0.05) is 16.8 Å². The lowest BCUT2D eigenvalue weighted by Gasteiger charge is -2.11. The van der Waals surface area contributed by atoms with Crippen LogP contribution < -0.4 is 20.8 Å². The summed E-state index contributed by atoms with van der Waals surface area (Å²) < 4.78 is 8.84. The summed E-state index contributed by atoms with van der Waals surface area (Å²) in [5.74, 6) is 1.62. The zero-order valence-corrected chi connectivity index (χ0v) is 20.2. The molecule has 2 aromatic heterocycles. The number of aldehydes is 1. The van der Waals surface area contributed by atoms with Crippen molar-refractivity contribution in [3.8, 4) is 5.75 Å². The number of thiophene rings is 1. The Bertz CT molecular complexity index is 1490. The third-order valence-corrected chi connectivity index (χ3v) is 7.15. The molecule has 2 heterocycles. The predicted molar refractivity (Wildman–Crippen MR) is 140 cm³/mol. The summed E-state index contributed by atoms with van der Waals surface area (Å²) in [6.07, 6.45) is 9.58. The molecule has 0 bridgehead atoms. The normalized spacial score (nSPS) is 12.8. The minimum Gasteiger partial charge on any atom is -0.497 e. The maximum absolute atomic E-state index is 10.8. The van der Waals surface area contributed by atoms with E-state index in [1.165, 1.54) is 26.8 Å². The number of allylic oxidation sites excluding steroid dienone is 2. The van der Waals surface area contributed by atoms with E-state index in [4.69, 9.17) is 9.72 Å². The molecule has 2 aromatic carbocycles. The smallest absolute Gasteiger partial charge is 0.208 e. The van der Waals surface area contributed by atoms with Gasteiger partial charge in [-0.2, -0.15) is 0 Å². The summed E-state index contributed by atoms with van der Waals surface area (Å²) in [4.78, 5) is 15.8. The van der Waals surface area contributed by atoms with E-state index in [9.17, 15) is 4.79 Å². The highest BCUT2D eigenvalue weighted by molar-refractivity contribution is 7.17. The molecule has 0 fully saturated rings. The lowest BCUT2D eigenvalue weighted by molar-refractivity contribution is -0.107. The van der Waals surface area contributed by atoms with E-state index < -0.39 is 0 Å². The Morgan fingerprint density at radius 3 is 2.82 bits per heavy atom. The number of ether oxygens (including phenoxy) is 1. The van der Waals surface area contributed by atoms with Gasteiger partial charge in [0.2, 0.25) is 5.95 Å². The molecule has 0 radical (unpaired) electrons. The Balaban J connectivity index is 1.59. The minimum atomic E-state index is 0.551. The molecule has 0 amide bonds. The summed E-state index contributed by atoms with van der Waals surface area (Å²) >= 11 is 1.78. The number of methoxy groups -OCH3 is 1. The van der Waals surface area contributed by atoms with E-state index in [1.54, 1.807) is 18.4 Å². The highest BCUT2D eigenvalue weighted by atomic mass is 32.1. The van der Waals surface area contributed by atoms with Crippen molar-refractivity contribution in [2.75, 3.05) is 12.4 Å². The molecule has 1 N–H and O–H groups in total. The molecule has 0 aliphatic heterocycles. The van der Waals surface area contributed by atoms with Crippen molar-refractivity contribution >= 4 is 51.5 Å². The standard InChI is InChI=1S/C28H27N3O2S/c1-19-5-14-27-24(16-19)21(18-34-27)17-31-26-13-7-20(4-3-15-32)6-12-25(26)30-28(31)29-22-8-10-23(33-2)11-9-22/h5,7-16,18H,3-4,6,17H2,1-2H3,(H,29,30). The van der Waals surface area contributed by atoms with Crippen molar-refractivity contribution in [1.82, 2.24) is 9.55 Å². The Hall–Kier alpha value is -3.64. The molecule has 0 unspecified atom stereocenters. The number of hydrogen-bond donors (Lipinski definition) is 1. The Morgan fingerprint density at radius 2 is 2.03 bits per heavy atom. The topological polar surface area (TPSA) is 56.1 Å². The summed E-state index contributed by atoms with van der Waals surface area (Å²) in [5.41, 5.74) is 4.74. The van der Waals surface area contributed by atoms with Gasteiger partial charge < -0.3 is 19.4 Å². The van der Waals surface area contributed by atoms with Crippen LogP contribution in [0.3, 0.4) is 0 Å². The van der Waals surface area contributed by atoms with Crippen LogP contribution in [0.1, 0.15) is 30.4 Å². The van der Waals surface area contributed by atoms with Crippen molar-refractivity contribution in [3.05, 3.63) is 81.3 Å². The van der Waals surface area contributed by atoms with Crippen LogP contribution in [0, 0.1) is 6.92 Å². The van der Waals surface area contributed by atoms with Gasteiger partial charge in [0.05, 0.1) is 24.4 Å². The van der Waals surface area contributed by atoms with Crippen molar-refractivity contribution in [2.24, 2.45) is 0 Å². The number of nitrogens with one attached hydrogen (secondary N) is 1. The van der Waals surface area contributed by atoms with Gasteiger partial charge in [-0.15, -0.1) is 11.3 Å². The van der Waals surface area contributed by atoms with Crippen LogP contribution in [-0.2, 0) is 11.3 Å². The monoisotopic (exact) mass is 469 g/mol. The van der Waals surface area contributed by atoms with Gasteiger partial charge in [-0.25, -0.2) is 4.98 Å². The molecule has 4 aromatic rings. The molecule has 1 aliphatic carbocycles. The maximum Gasteiger partial charge on any atom is 0.208 e. The van der Waals surface area contributed by atoms with Gasteiger partial charge in [0.15, 0.2) is 0 Å². The van der Waals surface area contributed by atoms with Gasteiger partial charge in [-0.1, -0.05) is 35.4 Å². The summed E-state index contributed by atoms with van der Waals surface area (Å²) in [6, 6.07) is 14.5. The van der Waals surface area contributed by atoms with Gasteiger partial charge in [-0.3, -0.25) is 0 Å². The van der Waals surface area contributed by atoms with Gasteiger partial charge in [0.25, 0.3) is 0 Å². The Morgan fingerprint density at radius 1 is 1.18 bits per heavy atom. The van der Waals surface area contributed by atoms with E-state index in [-0.39, 0.29) is 0 Å². The molecule has 34 heavy (non-hydrogen) atoms. The first kappa shape index (κ1) is 22.2. The number of benzene rings is 2. The van der Waals surface area contributed by atoms with Crippen molar-refractivity contribution < 1.29 is 9.53 Å². The first-order chi connectivity index (χ1) is 16.6. The molecular formula is C28H27N3O2S. The number of fused-ring (bicyclic) bond motifs is 2. The fourth-order valence-corrected chi connectivity index (χ4v) is 5.21. The van der Waals surface area contributed by atoms with Crippen LogP contribution in [-0.4, -0.2) is 22.9 Å². The van der Waals surface area contributed by atoms with Crippen LogP contribution in [0.5, 0.6) is 5.75 Å². The molecular weight excluding hydrogens is 442 g/mol. The second kappa shape index (κ2) is 9.69. The fraction of sp³-hybridized carbons (Fsp3) is 0.214. The van der Waals surface area contributed by atoms with E-state index in [0.29, 0.717) is 13.0 Å². The first-order valence-corrected chi connectivity index (χ1v) is 12.3. The molecule has 5 rings (SSSR count). The Labute approximate surface area is 202 Å². The average Bonchev–Trinajstić information content (AvgIpc) is 3.32. The summed E-state index contributed by atoms with van der Waals surface area (Å²) in [5, 5.41) is 9.09. The fourth-order valence-electron chi connectivity index (χ4n) is 4.28. The molecule has 0 saturated heterocycles. The molecule has 0 spiro atoms. The lowest BCUT2D eigenvalue weighted by Crippen LogP contribution is -2.30.